The van der Waals surface area contributed by atoms with E-state index in [0.717, 1.165) is 42.8 Å². The third-order valence-corrected chi connectivity index (χ3v) is 3.89. The molecule has 1 aliphatic rings. The van der Waals surface area contributed by atoms with Crippen LogP contribution in [-0.2, 0) is 6.54 Å². The SMILES string of the molecule is COc1ccc(CNc2cc(N3CCCC3)nc(C)n2)cc1. The van der Waals surface area contributed by atoms with Crippen molar-refractivity contribution in [1.82, 2.24) is 9.97 Å². The van der Waals surface area contributed by atoms with Crippen molar-refractivity contribution in [2.24, 2.45) is 0 Å². The minimum Gasteiger partial charge on any atom is -0.497 e. The molecule has 0 radical (unpaired) electrons. The van der Waals surface area contributed by atoms with E-state index in [1.54, 1.807) is 7.11 Å². The Morgan fingerprint density at radius 2 is 1.86 bits per heavy atom. The average molecular weight is 298 g/mol. The number of aryl methyl sites for hydroxylation is 1. The summed E-state index contributed by atoms with van der Waals surface area (Å²) in [5.74, 6) is 3.59. The topological polar surface area (TPSA) is 50.3 Å². The van der Waals surface area contributed by atoms with Crippen LogP contribution in [0.3, 0.4) is 0 Å². The van der Waals surface area contributed by atoms with Gasteiger partial charge in [-0.1, -0.05) is 12.1 Å². The monoisotopic (exact) mass is 298 g/mol. The van der Waals surface area contributed by atoms with Crippen LogP contribution < -0.4 is 15.0 Å². The fourth-order valence-corrected chi connectivity index (χ4v) is 2.69. The van der Waals surface area contributed by atoms with Crippen molar-refractivity contribution in [2.75, 3.05) is 30.4 Å². The molecular formula is C17H22N4O. The van der Waals surface area contributed by atoms with Gasteiger partial charge in [0.2, 0.25) is 0 Å². The predicted octanol–water partition coefficient (Wildman–Crippen LogP) is 3.01. The first kappa shape index (κ1) is 14.6. The van der Waals surface area contributed by atoms with Gasteiger partial charge in [0.05, 0.1) is 7.11 Å². The first-order valence-corrected chi connectivity index (χ1v) is 7.72. The maximum atomic E-state index is 5.17. The summed E-state index contributed by atoms with van der Waals surface area (Å²) < 4.78 is 5.17. The number of benzene rings is 1. The second-order valence-electron chi connectivity index (χ2n) is 5.55. The number of hydrogen-bond donors (Lipinski definition) is 1. The molecule has 1 saturated heterocycles. The number of hydrogen-bond acceptors (Lipinski definition) is 5. The number of anilines is 2. The van der Waals surface area contributed by atoms with Crippen LogP contribution in [-0.4, -0.2) is 30.2 Å². The third kappa shape index (κ3) is 3.47. The number of nitrogens with one attached hydrogen (secondary N) is 1. The summed E-state index contributed by atoms with van der Waals surface area (Å²) in [6.07, 6.45) is 2.50. The summed E-state index contributed by atoms with van der Waals surface area (Å²) in [4.78, 5) is 11.4. The molecule has 2 aromatic rings. The van der Waals surface area contributed by atoms with Gasteiger partial charge in [0, 0.05) is 25.7 Å². The van der Waals surface area contributed by atoms with Gasteiger partial charge in [-0.3, -0.25) is 0 Å². The van der Waals surface area contributed by atoms with E-state index >= 15 is 0 Å². The largest absolute Gasteiger partial charge is 0.497 e. The summed E-state index contributed by atoms with van der Waals surface area (Å²) >= 11 is 0. The zero-order chi connectivity index (χ0) is 15.4. The number of aromatic nitrogens is 2. The Morgan fingerprint density at radius 1 is 1.14 bits per heavy atom. The van der Waals surface area contributed by atoms with Gasteiger partial charge in [-0.25, -0.2) is 9.97 Å². The van der Waals surface area contributed by atoms with E-state index in [4.69, 9.17) is 4.74 Å². The Kier molecular flexibility index (Phi) is 4.42. The quantitative estimate of drug-likeness (QED) is 0.919. The highest BCUT2D eigenvalue weighted by Gasteiger charge is 2.14. The van der Waals surface area contributed by atoms with E-state index in [-0.39, 0.29) is 0 Å². The van der Waals surface area contributed by atoms with Gasteiger partial charge in [-0.15, -0.1) is 0 Å². The Hall–Kier alpha value is -2.30. The van der Waals surface area contributed by atoms with Crippen LogP contribution in [0.4, 0.5) is 11.6 Å². The second kappa shape index (κ2) is 6.64. The Morgan fingerprint density at radius 3 is 2.55 bits per heavy atom. The fourth-order valence-electron chi connectivity index (χ4n) is 2.69. The van der Waals surface area contributed by atoms with Gasteiger partial charge in [0.25, 0.3) is 0 Å². The minimum absolute atomic E-state index is 0.736. The van der Waals surface area contributed by atoms with Crippen molar-refractivity contribution in [3.8, 4) is 5.75 Å². The highest BCUT2D eigenvalue weighted by atomic mass is 16.5. The number of ether oxygens (including phenoxy) is 1. The first-order chi connectivity index (χ1) is 10.7. The smallest absolute Gasteiger partial charge is 0.134 e. The summed E-state index contributed by atoms with van der Waals surface area (Å²) in [5.41, 5.74) is 1.19. The highest BCUT2D eigenvalue weighted by Crippen LogP contribution is 2.21. The van der Waals surface area contributed by atoms with Crippen molar-refractivity contribution in [3.05, 3.63) is 41.7 Å². The molecule has 1 N–H and O–H groups in total. The molecule has 1 aliphatic heterocycles. The lowest BCUT2D eigenvalue weighted by molar-refractivity contribution is 0.414. The van der Waals surface area contributed by atoms with Gasteiger partial charge in [0.15, 0.2) is 0 Å². The predicted molar refractivity (Wildman–Crippen MR) is 88.5 cm³/mol. The molecule has 0 saturated carbocycles. The molecule has 5 heteroatoms. The first-order valence-electron chi connectivity index (χ1n) is 7.72. The molecule has 3 rings (SSSR count). The van der Waals surface area contributed by atoms with Crippen LogP contribution in [0.1, 0.15) is 24.2 Å². The molecule has 5 nitrogen and oxygen atoms in total. The fraction of sp³-hybridized carbons (Fsp3) is 0.412. The number of methoxy groups -OCH3 is 1. The van der Waals surface area contributed by atoms with Crippen molar-refractivity contribution in [2.45, 2.75) is 26.3 Å². The number of nitrogens with zero attached hydrogens (tertiary/aromatic N) is 3. The standard InChI is InChI=1S/C17H22N4O/c1-13-19-16(11-17(20-13)21-9-3-4-10-21)18-12-14-5-7-15(22-2)8-6-14/h5-8,11H,3-4,9-10,12H2,1-2H3,(H,18,19,20). The summed E-state index contributed by atoms with van der Waals surface area (Å²) in [7, 11) is 1.68. The van der Waals surface area contributed by atoms with E-state index in [1.807, 2.05) is 25.1 Å². The van der Waals surface area contributed by atoms with E-state index in [9.17, 15) is 0 Å². The average Bonchev–Trinajstić information content (AvgIpc) is 3.07. The minimum atomic E-state index is 0.736. The molecule has 22 heavy (non-hydrogen) atoms. The maximum Gasteiger partial charge on any atom is 0.134 e. The molecule has 0 atom stereocenters. The number of rotatable bonds is 5. The van der Waals surface area contributed by atoms with Crippen molar-refractivity contribution in [1.29, 1.82) is 0 Å². The normalized spacial score (nSPS) is 14.2. The Bertz CT molecular complexity index is 621. The lowest BCUT2D eigenvalue weighted by atomic mass is 10.2. The van der Waals surface area contributed by atoms with Gasteiger partial charge in [0.1, 0.15) is 23.2 Å². The summed E-state index contributed by atoms with van der Waals surface area (Å²) in [6, 6.07) is 10.1. The molecule has 0 aliphatic carbocycles. The summed E-state index contributed by atoms with van der Waals surface area (Å²) in [5, 5.41) is 3.38. The van der Waals surface area contributed by atoms with Gasteiger partial charge < -0.3 is 15.0 Å². The molecule has 0 unspecified atom stereocenters. The Labute approximate surface area is 131 Å². The third-order valence-electron chi connectivity index (χ3n) is 3.89. The lowest BCUT2D eigenvalue weighted by Crippen LogP contribution is -2.20. The van der Waals surface area contributed by atoms with Crippen LogP contribution >= 0.6 is 0 Å². The molecule has 1 fully saturated rings. The van der Waals surface area contributed by atoms with Crippen LogP contribution in [0.5, 0.6) is 5.75 Å². The van der Waals surface area contributed by atoms with Crippen LogP contribution in [0.2, 0.25) is 0 Å². The second-order valence-corrected chi connectivity index (χ2v) is 5.55. The molecule has 0 spiro atoms. The van der Waals surface area contributed by atoms with Gasteiger partial charge in [-0.05, 0) is 37.5 Å². The Balaban J connectivity index is 1.68. The lowest BCUT2D eigenvalue weighted by Gasteiger charge is -2.17. The van der Waals surface area contributed by atoms with Crippen LogP contribution in [0.15, 0.2) is 30.3 Å². The maximum absolute atomic E-state index is 5.17. The van der Waals surface area contributed by atoms with Crippen LogP contribution in [0.25, 0.3) is 0 Å². The van der Waals surface area contributed by atoms with Crippen LogP contribution in [0, 0.1) is 6.92 Å². The molecule has 2 heterocycles. The van der Waals surface area contributed by atoms with Crippen molar-refractivity contribution < 1.29 is 4.74 Å². The van der Waals surface area contributed by atoms with Gasteiger partial charge >= 0.3 is 0 Å². The van der Waals surface area contributed by atoms with Crippen molar-refractivity contribution >= 4 is 11.6 Å². The molecular weight excluding hydrogens is 276 g/mol. The molecule has 116 valence electrons. The van der Waals surface area contributed by atoms with Gasteiger partial charge in [-0.2, -0.15) is 0 Å². The van der Waals surface area contributed by atoms with Crippen molar-refractivity contribution in [3.63, 3.8) is 0 Å². The zero-order valence-electron chi connectivity index (χ0n) is 13.2. The van der Waals surface area contributed by atoms with E-state index in [2.05, 4.69) is 32.3 Å². The van der Waals surface area contributed by atoms with E-state index in [1.165, 1.54) is 18.4 Å². The van der Waals surface area contributed by atoms with E-state index in [0.29, 0.717) is 0 Å². The highest BCUT2D eigenvalue weighted by molar-refractivity contribution is 5.50. The van der Waals surface area contributed by atoms with E-state index < -0.39 is 0 Å². The zero-order valence-corrected chi connectivity index (χ0v) is 13.2. The molecule has 1 aromatic carbocycles. The molecule has 1 aromatic heterocycles. The molecule has 0 bridgehead atoms. The molecule has 0 amide bonds. The summed E-state index contributed by atoms with van der Waals surface area (Å²) in [6.45, 7) is 4.86.